The zero-order valence-corrected chi connectivity index (χ0v) is 13.6. The highest BCUT2D eigenvalue weighted by Gasteiger charge is 2.26. The van der Waals surface area contributed by atoms with Gasteiger partial charge in [-0.1, -0.05) is 0 Å². The monoisotopic (exact) mass is 350 g/mol. The summed E-state index contributed by atoms with van der Waals surface area (Å²) >= 11 is 0. The topological polar surface area (TPSA) is 75.7 Å². The maximum Gasteiger partial charge on any atom is 0.265 e. The summed E-state index contributed by atoms with van der Waals surface area (Å²) in [6.45, 7) is 2.13. The van der Waals surface area contributed by atoms with Gasteiger partial charge in [-0.15, -0.1) is 0 Å². The molecule has 2 aromatic rings. The molecule has 0 bridgehead atoms. The molecule has 1 N–H and O–H groups in total. The van der Waals surface area contributed by atoms with Crippen LogP contribution in [0.3, 0.4) is 0 Å². The van der Waals surface area contributed by atoms with E-state index >= 15 is 0 Å². The molecule has 1 heterocycles. The van der Waals surface area contributed by atoms with Crippen LogP contribution in [-0.2, 0) is 14.8 Å². The predicted molar refractivity (Wildman–Crippen MR) is 87.2 cm³/mol. The van der Waals surface area contributed by atoms with Crippen molar-refractivity contribution >= 4 is 27.3 Å². The molecule has 3 rings (SSSR count). The van der Waals surface area contributed by atoms with Gasteiger partial charge in [0.1, 0.15) is 11.6 Å². The first-order chi connectivity index (χ1) is 11.4. The highest BCUT2D eigenvalue weighted by atomic mass is 32.2. The van der Waals surface area contributed by atoms with Crippen molar-refractivity contribution in [1.82, 2.24) is 0 Å². The van der Waals surface area contributed by atoms with Crippen LogP contribution in [0, 0.1) is 5.82 Å². The third-order valence-corrected chi connectivity index (χ3v) is 4.98. The van der Waals surface area contributed by atoms with E-state index in [1.807, 2.05) is 0 Å². The Morgan fingerprint density at radius 3 is 2.58 bits per heavy atom. The summed E-state index contributed by atoms with van der Waals surface area (Å²) < 4.78 is 45.6. The lowest BCUT2D eigenvalue weighted by Gasteiger charge is -2.28. The zero-order valence-electron chi connectivity index (χ0n) is 12.8. The smallest absolute Gasteiger partial charge is 0.265 e. The fourth-order valence-electron chi connectivity index (χ4n) is 2.43. The second-order valence-electron chi connectivity index (χ2n) is 5.17. The number of sulfonamides is 1. The first kappa shape index (κ1) is 16.3. The number of carbonyl (C=O) groups excluding carboxylic acids is 1. The summed E-state index contributed by atoms with van der Waals surface area (Å²) in [6.07, 6.45) is 0. The third-order valence-electron chi connectivity index (χ3n) is 3.60. The summed E-state index contributed by atoms with van der Waals surface area (Å²) in [4.78, 5) is 13.3. The van der Waals surface area contributed by atoms with Gasteiger partial charge < -0.3 is 9.64 Å². The minimum atomic E-state index is -3.87. The molecule has 0 fully saturated rings. The number of anilines is 2. The second-order valence-corrected chi connectivity index (χ2v) is 6.85. The minimum Gasteiger partial charge on any atom is -0.482 e. The van der Waals surface area contributed by atoms with Gasteiger partial charge in [-0.05, 0) is 49.4 Å². The number of halogens is 1. The number of rotatable bonds is 4. The zero-order chi connectivity index (χ0) is 17.3. The molecule has 1 amide bonds. The lowest BCUT2D eigenvalue weighted by atomic mass is 10.2. The van der Waals surface area contributed by atoms with Gasteiger partial charge in [0.05, 0.1) is 10.6 Å². The third kappa shape index (κ3) is 3.05. The van der Waals surface area contributed by atoms with E-state index < -0.39 is 15.8 Å². The summed E-state index contributed by atoms with van der Waals surface area (Å²) in [5.41, 5.74) is 0.657. The van der Waals surface area contributed by atoms with Crippen molar-refractivity contribution in [3.63, 3.8) is 0 Å². The summed E-state index contributed by atoms with van der Waals surface area (Å²) in [7, 11) is -3.87. The minimum absolute atomic E-state index is 0.0117. The Hall–Kier alpha value is -2.61. The van der Waals surface area contributed by atoms with Crippen molar-refractivity contribution in [2.45, 2.75) is 11.8 Å². The standard InChI is InChI=1S/C16H15FN2O4S/c1-2-19-14-9-13(7-8-15(14)23-10-16(19)20)24(21,22)18-12-5-3-11(17)4-6-12/h3-9,18H,2,10H2,1H3. The highest BCUT2D eigenvalue weighted by Crippen LogP contribution is 2.34. The van der Waals surface area contributed by atoms with E-state index in [9.17, 15) is 17.6 Å². The van der Waals surface area contributed by atoms with Crippen LogP contribution in [-0.4, -0.2) is 27.5 Å². The van der Waals surface area contributed by atoms with E-state index in [4.69, 9.17) is 4.74 Å². The number of fused-ring (bicyclic) bond motifs is 1. The maximum atomic E-state index is 12.9. The van der Waals surface area contributed by atoms with Gasteiger partial charge in [-0.3, -0.25) is 9.52 Å². The van der Waals surface area contributed by atoms with Crippen molar-refractivity contribution < 1.29 is 22.3 Å². The molecule has 1 aliphatic heterocycles. The van der Waals surface area contributed by atoms with Gasteiger partial charge in [0.25, 0.3) is 15.9 Å². The van der Waals surface area contributed by atoms with E-state index in [1.54, 1.807) is 6.92 Å². The van der Waals surface area contributed by atoms with Crippen molar-refractivity contribution in [3.05, 3.63) is 48.3 Å². The van der Waals surface area contributed by atoms with Gasteiger partial charge >= 0.3 is 0 Å². The van der Waals surface area contributed by atoms with Gasteiger partial charge in [0.2, 0.25) is 0 Å². The number of hydrogen-bond donors (Lipinski definition) is 1. The number of ether oxygens (including phenoxy) is 1. The first-order valence-electron chi connectivity index (χ1n) is 7.26. The Kier molecular flexibility index (Phi) is 4.15. The highest BCUT2D eigenvalue weighted by molar-refractivity contribution is 7.92. The number of benzene rings is 2. The van der Waals surface area contributed by atoms with E-state index in [0.29, 0.717) is 18.0 Å². The number of likely N-dealkylation sites (N-methyl/N-ethyl adjacent to an activating group) is 1. The molecular formula is C16H15FN2O4S. The Labute approximate surface area is 138 Å². The average Bonchev–Trinajstić information content (AvgIpc) is 2.56. The largest absolute Gasteiger partial charge is 0.482 e. The number of nitrogens with zero attached hydrogens (tertiary/aromatic N) is 1. The molecule has 6 nitrogen and oxygen atoms in total. The fraction of sp³-hybridized carbons (Fsp3) is 0.188. The second kappa shape index (κ2) is 6.12. The van der Waals surface area contributed by atoms with Crippen LogP contribution in [0.5, 0.6) is 5.75 Å². The molecular weight excluding hydrogens is 335 g/mol. The van der Waals surface area contributed by atoms with Crippen LogP contribution >= 0.6 is 0 Å². The summed E-state index contributed by atoms with van der Waals surface area (Å²) in [6, 6.07) is 9.29. The molecule has 8 heteroatoms. The number of carbonyl (C=O) groups is 1. The molecule has 0 spiro atoms. The molecule has 0 aromatic heterocycles. The van der Waals surface area contributed by atoms with Gasteiger partial charge in [0.15, 0.2) is 6.61 Å². The Morgan fingerprint density at radius 2 is 1.92 bits per heavy atom. The molecule has 0 unspecified atom stereocenters. The SMILES string of the molecule is CCN1C(=O)COc2ccc(S(=O)(=O)Nc3ccc(F)cc3)cc21. The lowest BCUT2D eigenvalue weighted by Crippen LogP contribution is -2.38. The quantitative estimate of drug-likeness (QED) is 0.919. The van der Waals surface area contributed by atoms with Crippen LogP contribution in [0.4, 0.5) is 15.8 Å². The van der Waals surface area contributed by atoms with Crippen molar-refractivity contribution in [2.24, 2.45) is 0 Å². The molecule has 0 saturated carbocycles. The Morgan fingerprint density at radius 1 is 1.21 bits per heavy atom. The molecule has 1 aliphatic rings. The first-order valence-corrected chi connectivity index (χ1v) is 8.74. The van der Waals surface area contributed by atoms with Gasteiger partial charge in [-0.25, -0.2) is 12.8 Å². The van der Waals surface area contributed by atoms with Crippen molar-refractivity contribution in [3.8, 4) is 5.75 Å². The number of hydrogen-bond acceptors (Lipinski definition) is 4. The van der Waals surface area contributed by atoms with Crippen molar-refractivity contribution in [1.29, 1.82) is 0 Å². The Balaban J connectivity index is 1.95. The van der Waals surface area contributed by atoms with Crippen LogP contribution < -0.4 is 14.4 Å². The van der Waals surface area contributed by atoms with Gasteiger partial charge in [-0.2, -0.15) is 0 Å². The van der Waals surface area contributed by atoms with Gasteiger partial charge in [0, 0.05) is 12.2 Å². The van der Waals surface area contributed by atoms with Crippen LogP contribution in [0.15, 0.2) is 47.4 Å². The molecule has 2 aromatic carbocycles. The molecule has 0 aliphatic carbocycles. The maximum absolute atomic E-state index is 12.9. The van der Waals surface area contributed by atoms with E-state index in [2.05, 4.69) is 4.72 Å². The van der Waals surface area contributed by atoms with Crippen LogP contribution in [0.1, 0.15) is 6.92 Å². The molecule has 0 radical (unpaired) electrons. The number of nitrogens with one attached hydrogen (secondary N) is 1. The lowest BCUT2D eigenvalue weighted by molar-refractivity contribution is -0.121. The molecule has 24 heavy (non-hydrogen) atoms. The Bertz CT molecular complexity index is 881. The molecule has 0 saturated heterocycles. The van der Waals surface area contributed by atoms with Crippen LogP contribution in [0.2, 0.25) is 0 Å². The molecule has 126 valence electrons. The average molecular weight is 350 g/mol. The fourth-order valence-corrected chi connectivity index (χ4v) is 3.51. The van der Waals surface area contributed by atoms with E-state index in [0.717, 1.165) is 12.1 Å². The summed E-state index contributed by atoms with van der Waals surface area (Å²) in [5.74, 6) is -0.232. The van der Waals surface area contributed by atoms with E-state index in [1.165, 1.54) is 35.2 Å². The van der Waals surface area contributed by atoms with E-state index in [-0.39, 0.29) is 23.1 Å². The normalized spacial score (nSPS) is 14.1. The molecule has 0 atom stereocenters. The van der Waals surface area contributed by atoms with Crippen LogP contribution in [0.25, 0.3) is 0 Å². The summed E-state index contributed by atoms with van der Waals surface area (Å²) in [5, 5.41) is 0. The number of amides is 1. The van der Waals surface area contributed by atoms with Crippen molar-refractivity contribution in [2.75, 3.05) is 22.8 Å². The predicted octanol–water partition coefficient (Wildman–Crippen LogP) is 2.37.